The fraction of sp³-hybridized carbons (Fsp3) is 0.933. The van der Waals surface area contributed by atoms with Gasteiger partial charge in [0.2, 0.25) is 0 Å². The largest absolute Gasteiger partial charge is 0.381 e. The molecule has 0 aromatic heterocycles. The fourth-order valence-corrected chi connectivity index (χ4v) is 3.23. The van der Waals surface area contributed by atoms with E-state index in [1.165, 1.54) is 25.7 Å². The van der Waals surface area contributed by atoms with E-state index in [4.69, 9.17) is 4.74 Å². The van der Waals surface area contributed by atoms with Crippen molar-refractivity contribution < 1.29 is 9.53 Å². The van der Waals surface area contributed by atoms with Crippen molar-refractivity contribution in [3.8, 4) is 0 Å². The van der Waals surface area contributed by atoms with Gasteiger partial charge in [0.05, 0.1) is 5.75 Å². The molecule has 2 nitrogen and oxygen atoms in total. The maximum atomic E-state index is 11.6. The molecule has 1 heterocycles. The van der Waals surface area contributed by atoms with Crippen molar-refractivity contribution in [2.45, 2.75) is 52.4 Å². The molecule has 0 aromatic carbocycles. The maximum Gasteiger partial charge on any atom is 0.142 e. The molecule has 0 atom stereocenters. The number of Topliss-reactive ketones (excluding diaryl/α,β-unsaturated/α-hetero) is 1. The van der Waals surface area contributed by atoms with Crippen LogP contribution in [0.3, 0.4) is 0 Å². The summed E-state index contributed by atoms with van der Waals surface area (Å²) in [6, 6.07) is 0. The Balaban J connectivity index is 1.91. The van der Waals surface area contributed by atoms with E-state index in [9.17, 15) is 4.79 Å². The number of hydrogen-bond acceptors (Lipinski definition) is 3. The standard InChI is InChI=1S/C15H28O2S/c1-13(2)11-18-12-15(16)6-4-3-5-14-7-9-17-10-8-14/h13-14H,3-12H2,1-2H3. The monoisotopic (exact) mass is 272 g/mol. The van der Waals surface area contributed by atoms with E-state index in [0.717, 1.165) is 43.5 Å². The Kier molecular flexibility index (Phi) is 8.78. The predicted octanol–water partition coefficient (Wildman–Crippen LogP) is 3.93. The summed E-state index contributed by atoms with van der Waals surface area (Å²) in [6.07, 6.45) is 6.81. The van der Waals surface area contributed by atoms with Crippen molar-refractivity contribution in [3.05, 3.63) is 0 Å². The second-order valence-electron chi connectivity index (χ2n) is 5.75. The topological polar surface area (TPSA) is 26.3 Å². The van der Waals surface area contributed by atoms with Gasteiger partial charge in [-0.25, -0.2) is 0 Å². The number of unbranched alkanes of at least 4 members (excludes halogenated alkanes) is 1. The molecule has 3 heteroatoms. The molecular weight excluding hydrogens is 244 g/mol. The minimum absolute atomic E-state index is 0.438. The molecule has 0 aliphatic carbocycles. The van der Waals surface area contributed by atoms with Gasteiger partial charge in [-0.1, -0.05) is 26.7 Å². The molecule has 1 aliphatic rings. The third-order valence-electron chi connectivity index (χ3n) is 3.37. The molecule has 0 saturated carbocycles. The molecule has 0 aromatic rings. The van der Waals surface area contributed by atoms with E-state index in [2.05, 4.69) is 13.8 Å². The number of rotatable bonds is 9. The van der Waals surface area contributed by atoms with Crippen LogP contribution in [0.25, 0.3) is 0 Å². The van der Waals surface area contributed by atoms with Gasteiger partial charge >= 0.3 is 0 Å². The Labute approximate surface area is 116 Å². The average Bonchev–Trinajstić information content (AvgIpc) is 2.35. The highest BCUT2D eigenvalue weighted by Crippen LogP contribution is 2.21. The van der Waals surface area contributed by atoms with Crippen molar-refractivity contribution >= 4 is 17.5 Å². The van der Waals surface area contributed by atoms with Gasteiger partial charge in [-0.2, -0.15) is 11.8 Å². The minimum Gasteiger partial charge on any atom is -0.381 e. The molecule has 1 rings (SSSR count). The lowest BCUT2D eigenvalue weighted by molar-refractivity contribution is -0.116. The van der Waals surface area contributed by atoms with Crippen LogP contribution in [0.1, 0.15) is 52.4 Å². The van der Waals surface area contributed by atoms with Crippen LogP contribution in [0, 0.1) is 11.8 Å². The summed E-state index contributed by atoms with van der Waals surface area (Å²) in [6.45, 7) is 6.28. The van der Waals surface area contributed by atoms with Crippen molar-refractivity contribution in [3.63, 3.8) is 0 Å². The molecule has 106 valence electrons. The first-order chi connectivity index (χ1) is 8.68. The summed E-state index contributed by atoms with van der Waals surface area (Å²) < 4.78 is 5.35. The van der Waals surface area contributed by atoms with Crippen molar-refractivity contribution in [1.82, 2.24) is 0 Å². The third-order valence-corrected chi connectivity index (χ3v) is 4.80. The van der Waals surface area contributed by atoms with Gasteiger partial charge < -0.3 is 4.74 Å². The lowest BCUT2D eigenvalue weighted by atomic mass is 9.93. The van der Waals surface area contributed by atoms with Gasteiger partial charge in [0.15, 0.2) is 0 Å². The van der Waals surface area contributed by atoms with Crippen molar-refractivity contribution in [2.24, 2.45) is 11.8 Å². The van der Waals surface area contributed by atoms with E-state index >= 15 is 0 Å². The van der Waals surface area contributed by atoms with E-state index in [1.54, 1.807) is 11.8 Å². The number of hydrogen-bond donors (Lipinski definition) is 0. The van der Waals surface area contributed by atoms with Crippen LogP contribution in [0.4, 0.5) is 0 Å². The highest BCUT2D eigenvalue weighted by atomic mass is 32.2. The highest BCUT2D eigenvalue weighted by molar-refractivity contribution is 7.99. The van der Waals surface area contributed by atoms with Crippen LogP contribution in [0.2, 0.25) is 0 Å². The van der Waals surface area contributed by atoms with Gasteiger partial charge in [0.1, 0.15) is 5.78 Å². The summed E-state index contributed by atoms with van der Waals surface area (Å²) in [7, 11) is 0. The van der Waals surface area contributed by atoms with Gasteiger partial charge in [0, 0.05) is 19.6 Å². The van der Waals surface area contributed by atoms with Crippen LogP contribution in [0.15, 0.2) is 0 Å². The third kappa shape index (κ3) is 8.15. The predicted molar refractivity (Wildman–Crippen MR) is 79.2 cm³/mol. The smallest absolute Gasteiger partial charge is 0.142 e. The van der Waals surface area contributed by atoms with E-state index < -0.39 is 0 Å². The molecule has 0 bridgehead atoms. The van der Waals surface area contributed by atoms with Gasteiger partial charge in [-0.3, -0.25) is 4.79 Å². The SMILES string of the molecule is CC(C)CSCC(=O)CCCCC1CCOCC1. The number of carbonyl (C=O) groups is 1. The molecule has 1 aliphatic heterocycles. The quantitative estimate of drug-likeness (QED) is 0.595. The van der Waals surface area contributed by atoms with Gasteiger partial charge in [0.25, 0.3) is 0 Å². The van der Waals surface area contributed by atoms with Crippen LogP contribution in [-0.4, -0.2) is 30.5 Å². The molecular formula is C15H28O2S. The minimum atomic E-state index is 0.438. The highest BCUT2D eigenvalue weighted by Gasteiger charge is 2.13. The van der Waals surface area contributed by atoms with Gasteiger partial charge in [-0.15, -0.1) is 0 Å². The van der Waals surface area contributed by atoms with E-state index in [1.807, 2.05) is 0 Å². The van der Waals surface area contributed by atoms with Crippen molar-refractivity contribution in [1.29, 1.82) is 0 Å². The second-order valence-corrected chi connectivity index (χ2v) is 6.78. The van der Waals surface area contributed by atoms with Crippen molar-refractivity contribution in [2.75, 3.05) is 24.7 Å². The Morgan fingerprint density at radius 1 is 1.28 bits per heavy atom. The van der Waals surface area contributed by atoms with Crippen LogP contribution < -0.4 is 0 Å². The summed E-state index contributed by atoms with van der Waals surface area (Å²) in [4.78, 5) is 11.6. The maximum absolute atomic E-state index is 11.6. The van der Waals surface area contributed by atoms with E-state index in [-0.39, 0.29) is 0 Å². The summed E-state index contributed by atoms with van der Waals surface area (Å²) >= 11 is 1.79. The Morgan fingerprint density at radius 3 is 2.67 bits per heavy atom. The second kappa shape index (κ2) is 9.85. The zero-order chi connectivity index (χ0) is 13.2. The zero-order valence-corrected chi connectivity index (χ0v) is 12.8. The molecule has 0 unspecified atom stereocenters. The molecule has 0 spiro atoms. The molecule has 0 radical (unpaired) electrons. The first-order valence-electron chi connectivity index (χ1n) is 7.35. The zero-order valence-electron chi connectivity index (χ0n) is 12.0. The Bertz CT molecular complexity index is 223. The first-order valence-corrected chi connectivity index (χ1v) is 8.51. The Morgan fingerprint density at radius 2 is 2.00 bits per heavy atom. The number of thioether (sulfide) groups is 1. The summed E-state index contributed by atoms with van der Waals surface area (Å²) in [5.74, 6) is 3.80. The number of ether oxygens (including phenoxy) is 1. The molecule has 1 fully saturated rings. The molecule has 0 amide bonds. The van der Waals surface area contributed by atoms with Crippen LogP contribution in [-0.2, 0) is 9.53 Å². The molecule has 18 heavy (non-hydrogen) atoms. The summed E-state index contributed by atoms with van der Waals surface area (Å²) in [5, 5.41) is 0. The summed E-state index contributed by atoms with van der Waals surface area (Å²) in [5.41, 5.74) is 0. The molecule has 1 saturated heterocycles. The van der Waals surface area contributed by atoms with Gasteiger partial charge in [-0.05, 0) is 36.9 Å². The fourth-order valence-electron chi connectivity index (χ4n) is 2.27. The van der Waals surface area contributed by atoms with Crippen LogP contribution >= 0.6 is 11.8 Å². The average molecular weight is 272 g/mol. The normalized spacial score (nSPS) is 17.3. The van der Waals surface area contributed by atoms with E-state index in [0.29, 0.717) is 11.7 Å². The lowest BCUT2D eigenvalue weighted by Gasteiger charge is -2.21. The number of carbonyl (C=O) groups excluding carboxylic acids is 1. The lowest BCUT2D eigenvalue weighted by Crippen LogP contribution is -2.15. The number of ketones is 1. The Hall–Kier alpha value is -0.0200. The first kappa shape index (κ1) is 16.0. The molecule has 0 N–H and O–H groups in total. The van der Waals surface area contributed by atoms with Crippen LogP contribution in [0.5, 0.6) is 0 Å².